The molecule has 0 spiro atoms. The Morgan fingerprint density at radius 1 is 1.39 bits per heavy atom. The van der Waals surface area contributed by atoms with Crippen molar-refractivity contribution in [3.63, 3.8) is 0 Å². The van der Waals surface area contributed by atoms with E-state index in [0.29, 0.717) is 22.2 Å². The number of benzene rings is 1. The van der Waals surface area contributed by atoms with E-state index >= 15 is 0 Å². The van der Waals surface area contributed by atoms with Crippen molar-refractivity contribution in [3.05, 3.63) is 28.8 Å². The molecule has 0 bridgehead atoms. The van der Waals surface area contributed by atoms with Gasteiger partial charge in [0.2, 0.25) is 0 Å². The van der Waals surface area contributed by atoms with Gasteiger partial charge < -0.3 is 11.1 Å². The van der Waals surface area contributed by atoms with Gasteiger partial charge in [-0.2, -0.15) is 0 Å². The third-order valence-electron chi connectivity index (χ3n) is 3.65. The monoisotopic (exact) mass is 266 g/mol. The average Bonchev–Trinajstić information content (AvgIpc) is 2.80. The molecule has 1 fully saturated rings. The molecule has 0 aromatic heterocycles. The minimum absolute atomic E-state index is 0.0939. The molecule has 98 valence electrons. The molecule has 0 aliphatic heterocycles. The highest BCUT2D eigenvalue weighted by Gasteiger charge is 2.23. The summed E-state index contributed by atoms with van der Waals surface area (Å²) in [4.78, 5) is 12.1. The number of halogens is 1. The highest BCUT2D eigenvalue weighted by atomic mass is 35.5. The van der Waals surface area contributed by atoms with Crippen LogP contribution < -0.4 is 11.1 Å². The number of hydrogen-bond donors (Lipinski definition) is 2. The van der Waals surface area contributed by atoms with Crippen LogP contribution >= 0.6 is 11.6 Å². The minimum Gasteiger partial charge on any atom is -0.399 e. The summed E-state index contributed by atoms with van der Waals surface area (Å²) in [6, 6.07) is 5.15. The van der Waals surface area contributed by atoms with Crippen LogP contribution in [-0.4, -0.2) is 11.9 Å². The predicted octanol–water partition coefficient (Wildman–Crippen LogP) is 3.23. The quantitative estimate of drug-likeness (QED) is 0.826. The first kappa shape index (κ1) is 13.2. The first-order valence-electron chi connectivity index (χ1n) is 6.43. The van der Waals surface area contributed by atoms with E-state index in [1.165, 1.54) is 25.7 Å². The fraction of sp³-hybridized carbons (Fsp3) is 0.500. The Morgan fingerprint density at radius 2 is 2.06 bits per heavy atom. The summed E-state index contributed by atoms with van der Waals surface area (Å²) in [7, 11) is 0. The van der Waals surface area contributed by atoms with Gasteiger partial charge in [-0.25, -0.2) is 0 Å². The maximum absolute atomic E-state index is 12.1. The largest absolute Gasteiger partial charge is 0.399 e. The van der Waals surface area contributed by atoms with Crippen LogP contribution in [0.2, 0.25) is 5.02 Å². The van der Waals surface area contributed by atoms with Gasteiger partial charge in [-0.15, -0.1) is 0 Å². The van der Waals surface area contributed by atoms with Crippen LogP contribution in [0, 0.1) is 5.92 Å². The Hall–Kier alpha value is -1.22. The molecule has 3 N–H and O–H groups in total. The second kappa shape index (κ2) is 5.61. The molecule has 0 saturated heterocycles. The number of carbonyl (C=O) groups excluding carboxylic acids is 1. The average molecular weight is 267 g/mol. The highest BCUT2D eigenvalue weighted by Crippen LogP contribution is 2.27. The van der Waals surface area contributed by atoms with Gasteiger partial charge in [0, 0.05) is 22.3 Å². The molecule has 1 aliphatic rings. The van der Waals surface area contributed by atoms with Crippen molar-refractivity contribution in [2.45, 2.75) is 38.6 Å². The normalized spacial score (nSPS) is 17.7. The van der Waals surface area contributed by atoms with Gasteiger partial charge in [0.1, 0.15) is 0 Å². The van der Waals surface area contributed by atoms with E-state index in [-0.39, 0.29) is 11.9 Å². The first-order valence-corrected chi connectivity index (χ1v) is 6.81. The lowest BCUT2D eigenvalue weighted by atomic mass is 9.99. The topological polar surface area (TPSA) is 55.1 Å². The van der Waals surface area contributed by atoms with Crippen LogP contribution in [0.4, 0.5) is 5.69 Å². The summed E-state index contributed by atoms with van der Waals surface area (Å²) in [6.07, 6.45) is 4.96. The van der Waals surface area contributed by atoms with Crippen LogP contribution in [0.1, 0.15) is 43.0 Å². The van der Waals surface area contributed by atoms with Crippen LogP contribution in [0.25, 0.3) is 0 Å². The molecule has 3 nitrogen and oxygen atoms in total. The molecule has 0 unspecified atom stereocenters. The van der Waals surface area contributed by atoms with Gasteiger partial charge in [-0.3, -0.25) is 4.79 Å². The number of carbonyl (C=O) groups is 1. The van der Waals surface area contributed by atoms with Gasteiger partial charge in [0.25, 0.3) is 5.91 Å². The van der Waals surface area contributed by atoms with E-state index in [1.54, 1.807) is 18.2 Å². The minimum atomic E-state index is -0.0939. The van der Waals surface area contributed by atoms with E-state index in [9.17, 15) is 4.79 Å². The summed E-state index contributed by atoms with van der Waals surface area (Å²) in [5.41, 5.74) is 6.73. The molecule has 1 atom stereocenters. The van der Waals surface area contributed by atoms with Crippen LogP contribution in [0.15, 0.2) is 18.2 Å². The fourth-order valence-electron chi connectivity index (χ4n) is 2.61. The molecule has 18 heavy (non-hydrogen) atoms. The van der Waals surface area contributed by atoms with Crippen molar-refractivity contribution in [1.29, 1.82) is 0 Å². The second-order valence-electron chi connectivity index (χ2n) is 5.08. The molecule has 1 aliphatic carbocycles. The van der Waals surface area contributed by atoms with Crippen molar-refractivity contribution in [2.75, 3.05) is 5.73 Å². The number of amides is 1. The summed E-state index contributed by atoms with van der Waals surface area (Å²) in [5.74, 6) is 0.508. The van der Waals surface area contributed by atoms with Gasteiger partial charge in [-0.05, 0) is 43.9 Å². The Bertz CT molecular complexity index is 421. The van der Waals surface area contributed by atoms with E-state index in [4.69, 9.17) is 17.3 Å². The van der Waals surface area contributed by atoms with Gasteiger partial charge in [0.15, 0.2) is 0 Å². The lowest BCUT2D eigenvalue weighted by Gasteiger charge is -2.20. The van der Waals surface area contributed by atoms with Crippen molar-refractivity contribution in [3.8, 4) is 0 Å². The number of nitrogen functional groups attached to an aromatic ring is 1. The number of rotatable bonds is 3. The molecule has 4 heteroatoms. The van der Waals surface area contributed by atoms with Crippen molar-refractivity contribution in [1.82, 2.24) is 5.32 Å². The molecule has 1 amide bonds. The van der Waals surface area contributed by atoms with E-state index in [1.807, 2.05) is 0 Å². The number of nitrogens with one attached hydrogen (secondary N) is 1. The number of nitrogens with two attached hydrogens (primary N) is 1. The number of hydrogen-bond acceptors (Lipinski definition) is 2. The third-order valence-corrected chi connectivity index (χ3v) is 3.87. The molecular weight excluding hydrogens is 248 g/mol. The van der Waals surface area contributed by atoms with Crippen LogP contribution in [0.3, 0.4) is 0 Å². The second-order valence-corrected chi connectivity index (χ2v) is 5.52. The zero-order chi connectivity index (χ0) is 13.1. The maximum atomic E-state index is 12.1. The fourth-order valence-corrected chi connectivity index (χ4v) is 2.85. The molecule has 2 rings (SSSR count). The molecule has 1 aromatic carbocycles. The SMILES string of the molecule is C[C@@H](NC(=O)c1cc(N)cc(Cl)c1)C1CCCC1. The highest BCUT2D eigenvalue weighted by molar-refractivity contribution is 6.31. The third kappa shape index (κ3) is 3.16. The summed E-state index contributed by atoms with van der Waals surface area (Å²) < 4.78 is 0. The van der Waals surface area contributed by atoms with Crippen molar-refractivity contribution < 1.29 is 4.79 Å². The summed E-state index contributed by atoms with van der Waals surface area (Å²) in [5, 5.41) is 3.53. The van der Waals surface area contributed by atoms with Crippen molar-refractivity contribution in [2.24, 2.45) is 5.92 Å². The van der Waals surface area contributed by atoms with Gasteiger partial charge in [0.05, 0.1) is 0 Å². The van der Waals surface area contributed by atoms with Crippen LogP contribution in [-0.2, 0) is 0 Å². The van der Waals surface area contributed by atoms with Gasteiger partial charge in [-0.1, -0.05) is 24.4 Å². The van der Waals surface area contributed by atoms with E-state index in [0.717, 1.165) is 0 Å². The molecule has 1 saturated carbocycles. The van der Waals surface area contributed by atoms with E-state index in [2.05, 4.69) is 12.2 Å². The summed E-state index contributed by atoms with van der Waals surface area (Å²) >= 11 is 5.90. The predicted molar refractivity (Wildman–Crippen MR) is 74.8 cm³/mol. The molecule has 0 radical (unpaired) electrons. The molecule has 0 heterocycles. The van der Waals surface area contributed by atoms with Crippen molar-refractivity contribution >= 4 is 23.2 Å². The number of anilines is 1. The Balaban J connectivity index is 2.02. The zero-order valence-electron chi connectivity index (χ0n) is 10.6. The zero-order valence-corrected chi connectivity index (χ0v) is 11.3. The maximum Gasteiger partial charge on any atom is 0.251 e. The summed E-state index contributed by atoms with van der Waals surface area (Å²) in [6.45, 7) is 2.07. The van der Waals surface area contributed by atoms with Gasteiger partial charge >= 0.3 is 0 Å². The molecule has 1 aromatic rings. The smallest absolute Gasteiger partial charge is 0.251 e. The van der Waals surface area contributed by atoms with E-state index < -0.39 is 0 Å². The Kier molecular flexibility index (Phi) is 4.12. The Morgan fingerprint density at radius 3 is 2.67 bits per heavy atom. The molecular formula is C14H19ClN2O. The Labute approximate surface area is 113 Å². The standard InChI is InChI=1S/C14H19ClN2O/c1-9(10-4-2-3-5-10)17-14(18)11-6-12(15)8-13(16)7-11/h6-10H,2-5,16H2,1H3,(H,17,18)/t9-/m1/s1. The van der Waals surface area contributed by atoms with Crippen LogP contribution in [0.5, 0.6) is 0 Å². The first-order chi connectivity index (χ1) is 8.56. The lowest BCUT2D eigenvalue weighted by molar-refractivity contribution is 0.0927. The lowest BCUT2D eigenvalue weighted by Crippen LogP contribution is -2.37.